The summed E-state index contributed by atoms with van der Waals surface area (Å²) in [6.07, 6.45) is 2.91. The van der Waals surface area contributed by atoms with E-state index in [2.05, 4.69) is 21.9 Å². The van der Waals surface area contributed by atoms with Crippen molar-refractivity contribution >= 4 is 0 Å². The molecule has 0 atom stereocenters. The van der Waals surface area contributed by atoms with Gasteiger partial charge in [0.05, 0.1) is 12.0 Å². The molecule has 0 saturated carbocycles. The van der Waals surface area contributed by atoms with E-state index in [0.29, 0.717) is 0 Å². The summed E-state index contributed by atoms with van der Waals surface area (Å²) in [5.41, 5.74) is 4.98. The minimum atomic E-state index is 0.844. The van der Waals surface area contributed by atoms with E-state index in [-0.39, 0.29) is 0 Å². The fraction of sp³-hybridized carbons (Fsp3) is 0.625. The van der Waals surface area contributed by atoms with Crippen LogP contribution in [0.4, 0.5) is 0 Å². The van der Waals surface area contributed by atoms with Crippen LogP contribution in [-0.2, 0) is 6.54 Å². The maximum Gasteiger partial charge on any atom is 0.0951 e. The lowest BCUT2D eigenvalue weighted by atomic mass is 10.3. The fourth-order valence-corrected chi connectivity index (χ4v) is 1.12. The van der Waals surface area contributed by atoms with Gasteiger partial charge in [-0.1, -0.05) is 0 Å². The number of nitrogens with one attached hydrogen (secondary N) is 1. The summed E-state index contributed by atoms with van der Waals surface area (Å²) in [7, 11) is 0. The number of hydrogen-bond donors (Lipinski definition) is 2. The van der Waals surface area contributed by atoms with Gasteiger partial charge in [0.1, 0.15) is 0 Å². The van der Waals surface area contributed by atoms with Gasteiger partial charge in [0.2, 0.25) is 0 Å². The van der Waals surface area contributed by atoms with Crippen molar-refractivity contribution < 1.29 is 0 Å². The molecule has 0 aliphatic heterocycles. The normalized spacial score (nSPS) is 10.6. The first-order chi connectivity index (χ1) is 5.75. The molecule has 0 fully saturated rings. The molecular formula is C8H16N4. The lowest BCUT2D eigenvalue weighted by Crippen LogP contribution is -2.23. The second kappa shape index (κ2) is 4.23. The van der Waals surface area contributed by atoms with E-state index in [4.69, 9.17) is 5.84 Å². The number of aromatic nitrogens is 2. The largest absolute Gasteiger partial charge is 0.335 e. The van der Waals surface area contributed by atoms with Gasteiger partial charge >= 0.3 is 0 Å². The summed E-state index contributed by atoms with van der Waals surface area (Å²) in [5.74, 6) is 5.16. The minimum Gasteiger partial charge on any atom is -0.335 e. The molecule has 0 unspecified atom stereocenters. The summed E-state index contributed by atoms with van der Waals surface area (Å²) in [6.45, 7) is 5.93. The molecule has 4 heteroatoms. The molecule has 1 aromatic rings. The summed E-state index contributed by atoms with van der Waals surface area (Å²) in [5, 5.41) is 0. The average Bonchev–Trinajstić information content (AvgIpc) is 2.36. The Labute approximate surface area is 72.8 Å². The lowest BCUT2D eigenvalue weighted by molar-refractivity contribution is 0.585. The smallest absolute Gasteiger partial charge is 0.0951 e. The van der Waals surface area contributed by atoms with Crippen molar-refractivity contribution in [2.45, 2.75) is 26.8 Å². The number of rotatable bonds is 4. The number of imidazole rings is 1. The SMILES string of the molecule is Cc1ncn(CCCNN)c1C. The molecule has 0 radical (unpaired) electrons. The summed E-state index contributed by atoms with van der Waals surface area (Å²) < 4.78 is 2.15. The topological polar surface area (TPSA) is 55.9 Å². The molecule has 0 aliphatic rings. The van der Waals surface area contributed by atoms with Crippen LogP contribution in [0, 0.1) is 13.8 Å². The third-order valence-electron chi connectivity index (χ3n) is 2.07. The maximum absolute atomic E-state index is 5.16. The molecule has 1 rings (SSSR count). The number of hydrogen-bond acceptors (Lipinski definition) is 3. The van der Waals surface area contributed by atoms with Crippen molar-refractivity contribution in [3.63, 3.8) is 0 Å². The first kappa shape index (κ1) is 9.22. The van der Waals surface area contributed by atoms with E-state index in [1.54, 1.807) is 0 Å². The second-order valence-electron chi connectivity index (χ2n) is 2.92. The van der Waals surface area contributed by atoms with Crippen LogP contribution in [0.3, 0.4) is 0 Å². The molecule has 0 spiro atoms. The highest BCUT2D eigenvalue weighted by atomic mass is 15.2. The molecule has 68 valence electrons. The van der Waals surface area contributed by atoms with Crippen molar-refractivity contribution in [2.75, 3.05) is 6.54 Å². The van der Waals surface area contributed by atoms with Gasteiger partial charge in [-0.05, 0) is 20.3 Å². The summed E-state index contributed by atoms with van der Waals surface area (Å²) >= 11 is 0. The van der Waals surface area contributed by atoms with Crippen molar-refractivity contribution in [1.29, 1.82) is 0 Å². The van der Waals surface area contributed by atoms with Crippen LogP contribution in [0.5, 0.6) is 0 Å². The minimum absolute atomic E-state index is 0.844. The Kier molecular flexibility index (Phi) is 3.25. The Morgan fingerprint density at radius 1 is 1.58 bits per heavy atom. The van der Waals surface area contributed by atoms with Gasteiger partial charge in [0.15, 0.2) is 0 Å². The Hall–Kier alpha value is -0.870. The Balaban J connectivity index is 2.46. The van der Waals surface area contributed by atoms with Crippen LogP contribution in [0.1, 0.15) is 17.8 Å². The Bertz CT molecular complexity index is 241. The average molecular weight is 168 g/mol. The van der Waals surface area contributed by atoms with Crippen LogP contribution >= 0.6 is 0 Å². The van der Waals surface area contributed by atoms with Gasteiger partial charge in [0.25, 0.3) is 0 Å². The van der Waals surface area contributed by atoms with E-state index in [0.717, 1.165) is 25.2 Å². The third kappa shape index (κ3) is 2.06. The van der Waals surface area contributed by atoms with Gasteiger partial charge in [0, 0.05) is 18.8 Å². The number of nitrogens with two attached hydrogens (primary N) is 1. The van der Waals surface area contributed by atoms with Crippen LogP contribution < -0.4 is 11.3 Å². The third-order valence-corrected chi connectivity index (χ3v) is 2.07. The highest BCUT2D eigenvalue weighted by molar-refractivity contribution is 5.08. The molecular weight excluding hydrogens is 152 g/mol. The van der Waals surface area contributed by atoms with E-state index in [9.17, 15) is 0 Å². The van der Waals surface area contributed by atoms with Gasteiger partial charge in [-0.3, -0.25) is 11.3 Å². The zero-order valence-corrected chi connectivity index (χ0v) is 7.67. The van der Waals surface area contributed by atoms with Crippen molar-refractivity contribution in [3.05, 3.63) is 17.7 Å². The molecule has 3 N–H and O–H groups in total. The van der Waals surface area contributed by atoms with Crippen molar-refractivity contribution in [3.8, 4) is 0 Å². The molecule has 0 aliphatic carbocycles. The predicted octanol–water partition coefficient (Wildman–Crippen LogP) is 0.353. The van der Waals surface area contributed by atoms with Gasteiger partial charge < -0.3 is 4.57 Å². The van der Waals surface area contributed by atoms with Crippen LogP contribution in [0.2, 0.25) is 0 Å². The second-order valence-corrected chi connectivity index (χ2v) is 2.92. The number of hydrazine groups is 1. The highest BCUT2D eigenvalue weighted by Gasteiger charge is 1.99. The predicted molar refractivity (Wildman–Crippen MR) is 48.5 cm³/mol. The summed E-state index contributed by atoms with van der Waals surface area (Å²) in [4.78, 5) is 4.21. The number of nitrogens with zero attached hydrogens (tertiary/aromatic N) is 2. The molecule has 0 aromatic carbocycles. The van der Waals surface area contributed by atoms with Gasteiger partial charge in [-0.25, -0.2) is 4.98 Å². The molecule has 1 heterocycles. The standard InChI is InChI=1S/C8H16N4/c1-7-8(2)12(6-10-7)5-3-4-11-9/h6,11H,3-5,9H2,1-2H3. The lowest BCUT2D eigenvalue weighted by Gasteiger charge is -2.04. The molecule has 0 amide bonds. The zero-order valence-electron chi connectivity index (χ0n) is 7.67. The first-order valence-electron chi connectivity index (χ1n) is 4.17. The van der Waals surface area contributed by atoms with Crippen LogP contribution in [0.15, 0.2) is 6.33 Å². The summed E-state index contributed by atoms with van der Waals surface area (Å²) in [6, 6.07) is 0. The Morgan fingerprint density at radius 2 is 2.33 bits per heavy atom. The maximum atomic E-state index is 5.16. The van der Waals surface area contributed by atoms with E-state index in [1.165, 1.54) is 5.69 Å². The molecule has 0 bridgehead atoms. The van der Waals surface area contributed by atoms with E-state index < -0.39 is 0 Å². The molecule has 1 aromatic heterocycles. The van der Waals surface area contributed by atoms with Crippen molar-refractivity contribution in [1.82, 2.24) is 15.0 Å². The van der Waals surface area contributed by atoms with Crippen LogP contribution in [0.25, 0.3) is 0 Å². The highest BCUT2D eigenvalue weighted by Crippen LogP contribution is 2.04. The van der Waals surface area contributed by atoms with Gasteiger partial charge in [-0.15, -0.1) is 0 Å². The molecule has 0 saturated heterocycles. The van der Waals surface area contributed by atoms with Crippen molar-refractivity contribution in [2.24, 2.45) is 5.84 Å². The monoisotopic (exact) mass is 168 g/mol. The van der Waals surface area contributed by atoms with E-state index in [1.807, 2.05) is 13.3 Å². The first-order valence-corrected chi connectivity index (χ1v) is 4.17. The Morgan fingerprint density at radius 3 is 2.83 bits per heavy atom. The molecule has 4 nitrogen and oxygen atoms in total. The zero-order chi connectivity index (χ0) is 8.97. The van der Waals surface area contributed by atoms with Crippen LogP contribution in [-0.4, -0.2) is 16.1 Å². The fourth-order valence-electron chi connectivity index (χ4n) is 1.12. The van der Waals surface area contributed by atoms with E-state index >= 15 is 0 Å². The number of aryl methyl sites for hydroxylation is 2. The quantitative estimate of drug-likeness (QED) is 0.387. The molecule has 12 heavy (non-hydrogen) atoms. The van der Waals surface area contributed by atoms with Gasteiger partial charge in [-0.2, -0.15) is 0 Å².